The van der Waals surface area contributed by atoms with Crippen LogP contribution in [-0.2, 0) is 0 Å². The molecule has 0 radical (unpaired) electrons. The lowest BCUT2D eigenvalue weighted by molar-refractivity contribution is 0.101. The Bertz CT molecular complexity index is 789. The fourth-order valence-electron chi connectivity index (χ4n) is 1.83. The Kier molecular flexibility index (Phi) is 4.46. The minimum absolute atomic E-state index is 0.0469. The number of aromatic nitrogens is 1. The highest BCUT2D eigenvalue weighted by Crippen LogP contribution is 2.36. The van der Waals surface area contributed by atoms with Gasteiger partial charge in [-0.1, -0.05) is 11.3 Å². The molecule has 0 aliphatic carbocycles. The molecule has 3 nitrogen and oxygen atoms in total. The van der Waals surface area contributed by atoms with Gasteiger partial charge >= 0.3 is 0 Å². The number of hydrogen-bond acceptors (Lipinski definition) is 4. The third kappa shape index (κ3) is 3.21. The number of ketones is 1. The number of carbonyl (C=O) groups is 1. The van der Waals surface area contributed by atoms with Crippen LogP contribution < -0.4 is 4.74 Å². The number of hydrogen-bond donors (Lipinski definition) is 0. The van der Waals surface area contributed by atoms with Crippen molar-refractivity contribution in [2.45, 2.75) is 6.92 Å². The van der Waals surface area contributed by atoms with Crippen molar-refractivity contribution in [2.24, 2.45) is 0 Å². The summed E-state index contributed by atoms with van der Waals surface area (Å²) in [4.78, 5) is 15.8. The average molecular weight is 521 g/mol. The number of fused-ring (bicyclic) bond motifs is 1. The van der Waals surface area contributed by atoms with Crippen LogP contribution in [0.1, 0.15) is 17.3 Å². The molecule has 1 heterocycles. The summed E-state index contributed by atoms with van der Waals surface area (Å²) in [6.45, 7) is 1.55. The van der Waals surface area contributed by atoms with Gasteiger partial charge in [-0.15, -0.1) is 0 Å². The van der Waals surface area contributed by atoms with Gasteiger partial charge in [-0.2, -0.15) is 0 Å². The molecule has 3 rings (SSSR count). The van der Waals surface area contributed by atoms with E-state index in [1.54, 1.807) is 31.2 Å². The van der Waals surface area contributed by atoms with Crippen molar-refractivity contribution < 1.29 is 9.53 Å². The molecule has 6 heteroatoms. The monoisotopic (exact) mass is 521 g/mol. The topological polar surface area (TPSA) is 39.2 Å². The maximum Gasteiger partial charge on any atom is 0.279 e. The second-order valence-corrected chi connectivity index (χ2v) is 7.66. The van der Waals surface area contributed by atoms with Crippen LogP contribution in [0.3, 0.4) is 0 Å². The van der Waals surface area contributed by atoms with Gasteiger partial charge < -0.3 is 4.74 Å². The number of ether oxygens (including phenoxy) is 1. The first kappa shape index (κ1) is 15.2. The van der Waals surface area contributed by atoms with E-state index in [0.717, 1.165) is 13.8 Å². The molecule has 3 aromatic rings. The van der Waals surface area contributed by atoms with Crippen molar-refractivity contribution in [1.82, 2.24) is 4.98 Å². The maximum absolute atomic E-state index is 11.3. The Morgan fingerprint density at radius 2 is 1.76 bits per heavy atom. The molecule has 0 atom stereocenters. The first-order valence-corrected chi connectivity index (χ1v) is 9.05. The van der Waals surface area contributed by atoms with Crippen LogP contribution in [0.2, 0.25) is 0 Å². The van der Waals surface area contributed by atoms with Gasteiger partial charge in [0.1, 0.15) is 5.75 Å². The highest BCUT2D eigenvalue weighted by atomic mass is 127. The number of halogens is 2. The van der Waals surface area contributed by atoms with Crippen molar-refractivity contribution in [3.63, 3.8) is 0 Å². The molecule has 0 aliphatic rings. The predicted octanol–water partition coefficient (Wildman–Crippen LogP) is 5.50. The Morgan fingerprint density at radius 1 is 1.10 bits per heavy atom. The standard InChI is InChI=1S/C15H9I2NO2S/c1-8(19)9-2-4-10(5-3-9)20-15-18-13-11(16)6-7-12(17)14(13)21-15/h2-7H,1H3. The number of carbonyl (C=O) groups excluding carboxylic acids is 1. The molecule has 0 N–H and O–H groups in total. The van der Waals surface area contributed by atoms with E-state index in [1.165, 1.54) is 14.9 Å². The van der Waals surface area contributed by atoms with Crippen LogP contribution in [0.4, 0.5) is 0 Å². The van der Waals surface area contributed by atoms with Crippen LogP contribution in [0.5, 0.6) is 10.9 Å². The third-order valence-electron chi connectivity index (χ3n) is 2.89. The first-order valence-electron chi connectivity index (χ1n) is 6.08. The number of Topliss-reactive ketones (excluding diaryl/α,β-unsaturated/α-hetero) is 1. The normalized spacial score (nSPS) is 10.8. The molecule has 0 saturated heterocycles. The lowest BCUT2D eigenvalue weighted by Gasteiger charge is -2.01. The van der Waals surface area contributed by atoms with E-state index in [4.69, 9.17) is 4.74 Å². The van der Waals surface area contributed by atoms with Gasteiger partial charge in [0, 0.05) is 12.7 Å². The van der Waals surface area contributed by atoms with Crippen LogP contribution in [0, 0.1) is 7.14 Å². The van der Waals surface area contributed by atoms with E-state index in [2.05, 4.69) is 62.3 Å². The molecule has 0 unspecified atom stereocenters. The average Bonchev–Trinajstić information content (AvgIpc) is 2.89. The molecular weight excluding hydrogens is 512 g/mol. The van der Waals surface area contributed by atoms with E-state index >= 15 is 0 Å². The summed E-state index contributed by atoms with van der Waals surface area (Å²) in [5.74, 6) is 0.731. The number of benzene rings is 2. The lowest BCUT2D eigenvalue weighted by Crippen LogP contribution is -1.91. The van der Waals surface area contributed by atoms with Gasteiger partial charge in [-0.25, -0.2) is 4.98 Å². The van der Waals surface area contributed by atoms with Crippen LogP contribution in [-0.4, -0.2) is 10.8 Å². The van der Waals surface area contributed by atoms with Gasteiger partial charge in [-0.3, -0.25) is 4.79 Å². The molecular formula is C15H9I2NO2S. The van der Waals surface area contributed by atoms with Crippen molar-refractivity contribution in [3.8, 4) is 10.9 Å². The summed E-state index contributed by atoms with van der Waals surface area (Å²) in [6.07, 6.45) is 0. The maximum atomic E-state index is 11.3. The minimum Gasteiger partial charge on any atom is -0.431 e. The molecule has 106 valence electrons. The van der Waals surface area contributed by atoms with Crippen molar-refractivity contribution in [1.29, 1.82) is 0 Å². The molecule has 1 aromatic heterocycles. The smallest absolute Gasteiger partial charge is 0.279 e. The van der Waals surface area contributed by atoms with E-state index in [-0.39, 0.29) is 5.78 Å². The third-order valence-corrected chi connectivity index (χ3v) is 5.99. The predicted molar refractivity (Wildman–Crippen MR) is 102 cm³/mol. The molecule has 2 aromatic carbocycles. The molecule has 21 heavy (non-hydrogen) atoms. The van der Waals surface area contributed by atoms with Gasteiger partial charge in [0.2, 0.25) is 0 Å². The molecule has 0 amide bonds. The highest BCUT2D eigenvalue weighted by molar-refractivity contribution is 14.1. The van der Waals surface area contributed by atoms with E-state index in [9.17, 15) is 4.79 Å². The molecule has 0 spiro atoms. The first-order chi connectivity index (χ1) is 10.0. The zero-order chi connectivity index (χ0) is 15.0. The quantitative estimate of drug-likeness (QED) is 0.338. The van der Waals surface area contributed by atoms with Crippen molar-refractivity contribution >= 4 is 72.5 Å². The lowest BCUT2D eigenvalue weighted by atomic mass is 10.1. The fraction of sp³-hybridized carbons (Fsp3) is 0.0667. The van der Waals surface area contributed by atoms with Crippen LogP contribution in [0.15, 0.2) is 36.4 Å². The summed E-state index contributed by atoms with van der Waals surface area (Å²) in [5, 5.41) is 0.614. The van der Waals surface area contributed by atoms with E-state index in [0.29, 0.717) is 16.5 Å². The molecule has 0 fully saturated rings. The SMILES string of the molecule is CC(=O)c1ccc(Oc2nc3c(I)ccc(I)c3s2)cc1. The summed E-state index contributed by atoms with van der Waals surface area (Å²) in [6, 6.07) is 11.2. The zero-order valence-corrected chi connectivity index (χ0v) is 16.0. The molecule has 0 saturated carbocycles. The van der Waals surface area contributed by atoms with Crippen molar-refractivity contribution in [2.75, 3.05) is 0 Å². The van der Waals surface area contributed by atoms with Gasteiger partial charge in [0.25, 0.3) is 5.19 Å². The fourth-order valence-corrected chi connectivity index (χ4v) is 4.21. The van der Waals surface area contributed by atoms with Gasteiger partial charge in [-0.05, 0) is 88.5 Å². The van der Waals surface area contributed by atoms with Crippen LogP contribution >= 0.6 is 56.5 Å². The number of nitrogens with zero attached hydrogens (tertiary/aromatic N) is 1. The Morgan fingerprint density at radius 3 is 2.38 bits per heavy atom. The Labute approximate surface area is 153 Å². The zero-order valence-electron chi connectivity index (χ0n) is 10.9. The summed E-state index contributed by atoms with van der Waals surface area (Å²) >= 11 is 6.11. The largest absolute Gasteiger partial charge is 0.431 e. The van der Waals surface area contributed by atoms with E-state index < -0.39 is 0 Å². The van der Waals surface area contributed by atoms with E-state index in [1.807, 2.05) is 0 Å². The minimum atomic E-state index is 0.0469. The molecule has 0 aliphatic heterocycles. The van der Waals surface area contributed by atoms with Gasteiger partial charge in [0.15, 0.2) is 5.78 Å². The summed E-state index contributed by atoms with van der Waals surface area (Å²) in [5.41, 5.74) is 1.65. The number of rotatable bonds is 3. The number of thiazole rings is 1. The Balaban J connectivity index is 1.93. The van der Waals surface area contributed by atoms with Gasteiger partial charge in [0.05, 0.1) is 10.2 Å². The summed E-state index contributed by atoms with van der Waals surface area (Å²) in [7, 11) is 0. The highest BCUT2D eigenvalue weighted by Gasteiger charge is 2.11. The second kappa shape index (κ2) is 6.17. The Hall–Kier alpha value is -0.740. The second-order valence-electron chi connectivity index (χ2n) is 4.37. The van der Waals surface area contributed by atoms with Crippen LogP contribution in [0.25, 0.3) is 10.2 Å². The summed E-state index contributed by atoms with van der Waals surface area (Å²) < 4.78 is 9.22. The van der Waals surface area contributed by atoms with Crippen molar-refractivity contribution in [3.05, 3.63) is 49.1 Å². The molecule has 0 bridgehead atoms.